The number of carbonyl (C=O) groups excluding carboxylic acids is 1. The van der Waals surface area contributed by atoms with E-state index < -0.39 is 0 Å². The zero-order valence-corrected chi connectivity index (χ0v) is 16.2. The van der Waals surface area contributed by atoms with Crippen LogP contribution in [-0.4, -0.2) is 27.6 Å². The van der Waals surface area contributed by atoms with Gasteiger partial charge < -0.3 is 15.1 Å². The summed E-state index contributed by atoms with van der Waals surface area (Å²) < 4.78 is 5.31. The Kier molecular flexibility index (Phi) is 4.33. The molecule has 0 aliphatic carbocycles. The van der Waals surface area contributed by atoms with Crippen molar-refractivity contribution in [1.29, 1.82) is 0 Å². The van der Waals surface area contributed by atoms with Crippen molar-refractivity contribution in [2.75, 3.05) is 17.2 Å². The van der Waals surface area contributed by atoms with E-state index in [1.165, 1.54) is 0 Å². The van der Waals surface area contributed by atoms with Crippen LogP contribution in [0.3, 0.4) is 0 Å². The standard InChI is InChI=1S/C21H17N5O2S/c22-21-25-24-19(28-21)14-5-1-6-15(10-14)20-23-17(12-29-20)13-4-2-7-16(11-13)26-9-3-8-18(26)27/h1-2,4-7,10-12H,3,8-9H2,(H2,22,25). The molecule has 0 radical (unpaired) electrons. The van der Waals surface area contributed by atoms with Gasteiger partial charge in [0.1, 0.15) is 5.01 Å². The van der Waals surface area contributed by atoms with Crippen molar-refractivity contribution in [2.45, 2.75) is 12.8 Å². The molecule has 2 aromatic carbocycles. The molecule has 5 rings (SSSR count). The Hall–Kier alpha value is -3.52. The maximum Gasteiger partial charge on any atom is 0.313 e. The predicted octanol–water partition coefficient (Wildman–Crippen LogP) is 4.24. The predicted molar refractivity (Wildman–Crippen MR) is 112 cm³/mol. The lowest BCUT2D eigenvalue weighted by Crippen LogP contribution is -2.23. The van der Waals surface area contributed by atoms with Crippen LogP contribution in [0.15, 0.2) is 58.3 Å². The molecule has 29 heavy (non-hydrogen) atoms. The van der Waals surface area contributed by atoms with Crippen LogP contribution in [-0.2, 0) is 4.79 Å². The van der Waals surface area contributed by atoms with Crippen LogP contribution in [0.5, 0.6) is 0 Å². The Balaban J connectivity index is 1.45. The van der Waals surface area contributed by atoms with Crippen molar-refractivity contribution in [2.24, 2.45) is 0 Å². The normalized spacial score (nSPS) is 13.9. The number of nitrogens with two attached hydrogens (primary N) is 1. The third-order valence-electron chi connectivity index (χ3n) is 4.83. The van der Waals surface area contributed by atoms with Crippen LogP contribution < -0.4 is 10.6 Å². The number of aromatic nitrogens is 3. The van der Waals surface area contributed by atoms with Crippen LogP contribution in [0.2, 0.25) is 0 Å². The molecule has 0 spiro atoms. The molecule has 7 nitrogen and oxygen atoms in total. The number of anilines is 2. The van der Waals surface area contributed by atoms with Crippen molar-refractivity contribution in [3.8, 4) is 33.3 Å². The number of carbonyl (C=O) groups is 1. The second-order valence-corrected chi connectivity index (χ2v) is 7.62. The Bertz CT molecular complexity index is 1200. The third-order valence-corrected chi connectivity index (χ3v) is 5.72. The summed E-state index contributed by atoms with van der Waals surface area (Å²) in [5, 5.41) is 10.6. The summed E-state index contributed by atoms with van der Waals surface area (Å²) in [4.78, 5) is 18.7. The SMILES string of the molecule is Nc1nnc(-c2cccc(-c3nc(-c4cccc(N5CCCC5=O)c4)cs3)c2)o1. The van der Waals surface area contributed by atoms with Crippen LogP contribution in [0.4, 0.5) is 11.7 Å². The van der Waals surface area contributed by atoms with Gasteiger partial charge in [-0.05, 0) is 30.7 Å². The molecule has 0 atom stereocenters. The van der Waals surface area contributed by atoms with Crippen molar-refractivity contribution in [1.82, 2.24) is 15.2 Å². The number of nitrogen functional groups attached to an aromatic ring is 1. The fourth-order valence-electron chi connectivity index (χ4n) is 3.43. The van der Waals surface area contributed by atoms with Gasteiger partial charge in [-0.3, -0.25) is 4.79 Å². The third kappa shape index (κ3) is 3.38. The lowest BCUT2D eigenvalue weighted by Gasteiger charge is -2.16. The van der Waals surface area contributed by atoms with Gasteiger partial charge in [0.05, 0.1) is 5.69 Å². The number of thiazole rings is 1. The first-order valence-corrected chi connectivity index (χ1v) is 10.1. The highest BCUT2D eigenvalue weighted by atomic mass is 32.1. The Morgan fingerprint density at radius 1 is 1.03 bits per heavy atom. The Morgan fingerprint density at radius 2 is 1.86 bits per heavy atom. The quantitative estimate of drug-likeness (QED) is 0.547. The van der Waals surface area contributed by atoms with E-state index in [4.69, 9.17) is 15.1 Å². The molecular formula is C21H17N5O2S. The summed E-state index contributed by atoms with van der Waals surface area (Å²) in [5.41, 5.74) is 10.1. The van der Waals surface area contributed by atoms with Crippen molar-refractivity contribution in [3.63, 3.8) is 0 Å². The van der Waals surface area contributed by atoms with E-state index in [9.17, 15) is 4.79 Å². The number of hydrogen-bond acceptors (Lipinski definition) is 7. The van der Waals surface area contributed by atoms with Crippen molar-refractivity contribution >= 4 is 28.9 Å². The Labute approximate surface area is 170 Å². The van der Waals surface area contributed by atoms with Gasteiger partial charge in [-0.1, -0.05) is 29.4 Å². The van der Waals surface area contributed by atoms with Crippen LogP contribution in [0, 0.1) is 0 Å². The molecule has 2 aromatic heterocycles. The maximum atomic E-state index is 12.0. The summed E-state index contributed by atoms with van der Waals surface area (Å²) in [6.45, 7) is 0.775. The number of hydrogen-bond donors (Lipinski definition) is 1. The second-order valence-electron chi connectivity index (χ2n) is 6.76. The molecule has 0 bridgehead atoms. The fourth-order valence-corrected chi connectivity index (χ4v) is 4.26. The summed E-state index contributed by atoms with van der Waals surface area (Å²) in [6.07, 6.45) is 1.53. The molecule has 3 heterocycles. The molecule has 8 heteroatoms. The highest BCUT2D eigenvalue weighted by molar-refractivity contribution is 7.13. The van der Waals surface area contributed by atoms with E-state index in [2.05, 4.69) is 10.2 Å². The molecule has 1 fully saturated rings. The van der Waals surface area contributed by atoms with Gasteiger partial charge in [0.15, 0.2) is 0 Å². The van der Waals surface area contributed by atoms with Gasteiger partial charge in [0.25, 0.3) is 0 Å². The molecule has 144 valence electrons. The monoisotopic (exact) mass is 403 g/mol. The summed E-state index contributed by atoms with van der Waals surface area (Å²) >= 11 is 1.56. The van der Waals surface area contributed by atoms with Crippen LogP contribution in [0.1, 0.15) is 12.8 Å². The van der Waals surface area contributed by atoms with Gasteiger partial charge >= 0.3 is 6.01 Å². The molecule has 1 saturated heterocycles. The van der Waals surface area contributed by atoms with E-state index in [1.807, 2.05) is 58.8 Å². The molecular weight excluding hydrogens is 386 g/mol. The summed E-state index contributed by atoms with van der Waals surface area (Å²) in [7, 11) is 0. The lowest BCUT2D eigenvalue weighted by atomic mass is 10.1. The van der Waals surface area contributed by atoms with E-state index in [1.54, 1.807) is 11.3 Å². The van der Waals surface area contributed by atoms with Gasteiger partial charge in [0.2, 0.25) is 11.8 Å². The maximum absolute atomic E-state index is 12.0. The summed E-state index contributed by atoms with van der Waals surface area (Å²) in [6, 6.07) is 15.8. The number of benzene rings is 2. The first kappa shape index (κ1) is 17.6. The molecule has 1 aliphatic heterocycles. The minimum atomic E-state index is 0.0401. The number of rotatable bonds is 4. The average molecular weight is 403 g/mol. The van der Waals surface area contributed by atoms with E-state index >= 15 is 0 Å². The molecule has 0 saturated carbocycles. The summed E-state index contributed by atoms with van der Waals surface area (Å²) in [5.74, 6) is 0.559. The topological polar surface area (TPSA) is 98.1 Å². The lowest BCUT2D eigenvalue weighted by molar-refractivity contribution is -0.117. The van der Waals surface area contributed by atoms with Crippen LogP contribution >= 0.6 is 11.3 Å². The van der Waals surface area contributed by atoms with Gasteiger partial charge in [-0.15, -0.1) is 16.4 Å². The molecule has 2 N–H and O–H groups in total. The van der Waals surface area contributed by atoms with E-state index in [-0.39, 0.29) is 11.9 Å². The molecule has 0 unspecified atom stereocenters. The number of nitrogens with zero attached hydrogens (tertiary/aromatic N) is 4. The van der Waals surface area contributed by atoms with Gasteiger partial charge in [-0.25, -0.2) is 4.98 Å². The minimum absolute atomic E-state index is 0.0401. The van der Waals surface area contributed by atoms with Gasteiger partial charge in [0, 0.05) is 40.7 Å². The zero-order chi connectivity index (χ0) is 19.8. The Morgan fingerprint density at radius 3 is 2.66 bits per heavy atom. The van der Waals surface area contributed by atoms with Gasteiger partial charge in [-0.2, -0.15) is 0 Å². The zero-order valence-electron chi connectivity index (χ0n) is 15.4. The van der Waals surface area contributed by atoms with E-state index in [0.29, 0.717) is 12.3 Å². The van der Waals surface area contributed by atoms with Crippen LogP contribution in [0.25, 0.3) is 33.3 Å². The first-order chi connectivity index (χ1) is 14.2. The van der Waals surface area contributed by atoms with Crippen molar-refractivity contribution in [3.05, 3.63) is 53.9 Å². The molecule has 1 amide bonds. The molecule has 4 aromatic rings. The highest BCUT2D eigenvalue weighted by Crippen LogP contribution is 2.33. The highest BCUT2D eigenvalue weighted by Gasteiger charge is 2.22. The first-order valence-electron chi connectivity index (χ1n) is 9.23. The largest absolute Gasteiger partial charge is 0.404 e. The van der Waals surface area contributed by atoms with E-state index in [0.717, 1.165) is 46.0 Å². The number of amides is 1. The average Bonchev–Trinajstić information content (AvgIpc) is 3.49. The smallest absolute Gasteiger partial charge is 0.313 e. The minimum Gasteiger partial charge on any atom is -0.404 e. The van der Waals surface area contributed by atoms with Crippen molar-refractivity contribution < 1.29 is 9.21 Å². The second kappa shape index (κ2) is 7.14. The molecule has 1 aliphatic rings. The fraction of sp³-hybridized carbons (Fsp3) is 0.143.